The third-order valence-corrected chi connectivity index (χ3v) is 4.96. The molecule has 160 valence electrons. The molecule has 3 aromatic carbocycles. The minimum atomic E-state index is -0.977. The van der Waals surface area contributed by atoms with E-state index in [2.05, 4.69) is 0 Å². The summed E-state index contributed by atoms with van der Waals surface area (Å²) in [5, 5.41) is 58.5. The summed E-state index contributed by atoms with van der Waals surface area (Å²) in [5.41, 5.74) is 0.655. The molecule has 9 heteroatoms. The van der Waals surface area contributed by atoms with Gasteiger partial charge in [0.25, 0.3) is 0 Å². The highest BCUT2D eigenvalue weighted by Gasteiger charge is 2.36. The summed E-state index contributed by atoms with van der Waals surface area (Å²) in [7, 11) is 0. The van der Waals surface area contributed by atoms with Crippen molar-refractivity contribution in [3.8, 4) is 40.2 Å². The Kier molecular flexibility index (Phi) is 4.86. The minimum Gasteiger partial charge on any atom is -0.508 e. The quantitative estimate of drug-likeness (QED) is 0.274. The van der Waals surface area contributed by atoms with Gasteiger partial charge in [-0.3, -0.25) is 0 Å². The summed E-state index contributed by atoms with van der Waals surface area (Å²) in [4.78, 5) is 12.7. The fourth-order valence-electron chi connectivity index (χ4n) is 3.41. The van der Waals surface area contributed by atoms with Gasteiger partial charge >= 0.3 is 5.97 Å². The second-order valence-electron chi connectivity index (χ2n) is 7.08. The molecule has 9 nitrogen and oxygen atoms in total. The number of ether oxygens (including phenoxy) is 2. The van der Waals surface area contributed by atoms with Crippen molar-refractivity contribution in [1.29, 1.82) is 0 Å². The van der Waals surface area contributed by atoms with Gasteiger partial charge in [-0.2, -0.15) is 0 Å². The third kappa shape index (κ3) is 3.80. The number of fused-ring (bicyclic) bond motifs is 1. The van der Waals surface area contributed by atoms with E-state index in [0.29, 0.717) is 11.1 Å². The van der Waals surface area contributed by atoms with Crippen molar-refractivity contribution in [2.24, 2.45) is 0 Å². The maximum Gasteiger partial charge on any atom is 0.338 e. The van der Waals surface area contributed by atoms with Crippen molar-refractivity contribution >= 4 is 5.97 Å². The van der Waals surface area contributed by atoms with E-state index in [1.54, 1.807) is 0 Å². The van der Waals surface area contributed by atoms with Crippen LogP contribution in [0.2, 0.25) is 0 Å². The van der Waals surface area contributed by atoms with E-state index in [0.717, 1.165) is 18.2 Å². The minimum absolute atomic E-state index is 0.0174. The normalized spacial score (nSPS) is 17.4. The van der Waals surface area contributed by atoms with Gasteiger partial charge in [-0.05, 0) is 30.3 Å². The highest BCUT2D eigenvalue weighted by atomic mass is 16.6. The third-order valence-electron chi connectivity index (χ3n) is 4.96. The Morgan fingerprint density at radius 2 is 1.48 bits per heavy atom. The number of hydrogen-bond donors (Lipinski definition) is 6. The number of esters is 1. The molecule has 1 aliphatic heterocycles. The zero-order valence-corrected chi connectivity index (χ0v) is 15.9. The van der Waals surface area contributed by atoms with Crippen molar-refractivity contribution in [2.45, 2.75) is 18.6 Å². The van der Waals surface area contributed by atoms with Crippen molar-refractivity contribution in [3.63, 3.8) is 0 Å². The van der Waals surface area contributed by atoms with Crippen LogP contribution < -0.4 is 4.74 Å². The zero-order chi connectivity index (χ0) is 22.3. The average Bonchev–Trinajstić information content (AvgIpc) is 2.72. The molecule has 0 radical (unpaired) electrons. The number of aromatic hydroxyl groups is 6. The number of hydrogen-bond acceptors (Lipinski definition) is 9. The molecule has 0 bridgehead atoms. The molecule has 0 aliphatic carbocycles. The van der Waals surface area contributed by atoms with Gasteiger partial charge in [0.05, 0.1) is 5.56 Å². The van der Waals surface area contributed by atoms with E-state index < -0.39 is 35.4 Å². The van der Waals surface area contributed by atoms with E-state index in [1.807, 2.05) is 0 Å². The van der Waals surface area contributed by atoms with Crippen LogP contribution in [-0.4, -0.2) is 42.7 Å². The zero-order valence-electron chi connectivity index (χ0n) is 15.9. The molecule has 0 saturated carbocycles. The maximum absolute atomic E-state index is 12.7. The van der Waals surface area contributed by atoms with Crippen molar-refractivity contribution < 1.29 is 44.9 Å². The van der Waals surface area contributed by atoms with Crippen LogP contribution >= 0.6 is 0 Å². The number of carbonyl (C=O) groups is 1. The molecule has 0 saturated heterocycles. The fraction of sp³-hybridized carbons (Fsp3) is 0.136. The van der Waals surface area contributed by atoms with Gasteiger partial charge in [0.1, 0.15) is 23.4 Å². The summed E-state index contributed by atoms with van der Waals surface area (Å²) in [5.74, 6) is -2.75. The molecule has 31 heavy (non-hydrogen) atoms. The van der Waals surface area contributed by atoms with E-state index in [1.165, 1.54) is 30.3 Å². The summed E-state index contributed by atoms with van der Waals surface area (Å²) >= 11 is 0. The molecular formula is C22H18O9. The van der Waals surface area contributed by atoms with Gasteiger partial charge in [-0.15, -0.1) is 0 Å². The van der Waals surface area contributed by atoms with Gasteiger partial charge in [-0.25, -0.2) is 4.79 Å². The second kappa shape index (κ2) is 7.52. The summed E-state index contributed by atoms with van der Waals surface area (Å²) in [6.07, 6.45) is -1.91. The largest absolute Gasteiger partial charge is 0.508 e. The summed E-state index contributed by atoms with van der Waals surface area (Å²) in [6, 6.07) is 9.87. The predicted octanol–water partition coefficient (Wildman–Crippen LogP) is 2.82. The van der Waals surface area contributed by atoms with E-state index >= 15 is 0 Å². The van der Waals surface area contributed by atoms with Crippen molar-refractivity contribution in [3.05, 3.63) is 65.2 Å². The first kappa shape index (κ1) is 20.0. The highest BCUT2D eigenvalue weighted by Crippen LogP contribution is 2.44. The maximum atomic E-state index is 12.7. The molecule has 0 spiro atoms. The monoisotopic (exact) mass is 426 g/mol. The van der Waals surface area contributed by atoms with Gasteiger partial charge in [0, 0.05) is 29.7 Å². The van der Waals surface area contributed by atoms with E-state index in [9.17, 15) is 35.4 Å². The average molecular weight is 426 g/mol. The Morgan fingerprint density at radius 1 is 0.806 bits per heavy atom. The Morgan fingerprint density at radius 3 is 2.16 bits per heavy atom. The van der Waals surface area contributed by atoms with Crippen LogP contribution in [0.5, 0.6) is 40.2 Å². The molecule has 1 heterocycles. The van der Waals surface area contributed by atoms with Gasteiger partial charge < -0.3 is 40.1 Å². The molecule has 0 aromatic heterocycles. The van der Waals surface area contributed by atoms with Crippen molar-refractivity contribution in [2.75, 3.05) is 0 Å². The SMILES string of the molecule is O=C(O[C@@H]1Cc2c(O)cc(O)cc2O[C@H]1c1ccc(O)c(O)c1)c1ccc(O)c(O)c1. The molecular weight excluding hydrogens is 408 g/mol. The van der Waals surface area contributed by atoms with Crippen LogP contribution in [0.3, 0.4) is 0 Å². The molecule has 0 unspecified atom stereocenters. The Hall–Kier alpha value is -4.27. The Balaban J connectivity index is 1.71. The van der Waals surface area contributed by atoms with Crippen LogP contribution in [0.4, 0.5) is 0 Å². The van der Waals surface area contributed by atoms with Gasteiger partial charge in [-0.1, -0.05) is 6.07 Å². The lowest BCUT2D eigenvalue weighted by Crippen LogP contribution is -2.34. The van der Waals surface area contributed by atoms with Gasteiger partial charge in [0.15, 0.2) is 29.1 Å². The number of carbonyl (C=O) groups excluding carboxylic acids is 1. The number of phenolic OH excluding ortho intramolecular Hbond substituents is 6. The molecule has 6 N–H and O–H groups in total. The molecule has 2 atom stereocenters. The van der Waals surface area contributed by atoms with Crippen LogP contribution in [0.15, 0.2) is 48.5 Å². The lowest BCUT2D eigenvalue weighted by atomic mass is 9.93. The molecule has 3 aromatic rings. The van der Waals surface area contributed by atoms with Gasteiger partial charge in [0.2, 0.25) is 0 Å². The first-order valence-corrected chi connectivity index (χ1v) is 9.19. The van der Waals surface area contributed by atoms with E-state index in [-0.39, 0.29) is 35.0 Å². The second-order valence-corrected chi connectivity index (χ2v) is 7.08. The molecule has 0 fully saturated rings. The fourth-order valence-corrected chi connectivity index (χ4v) is 3.41. The molecule has 1 aliphatic rings. The first-order valence-electron chi connectivity index (χ1n) is 9.19. The molecule has 0 amide bonds. The number of rotatable bonds is 3. The lowest BCUT2D eigenvalue weighted by molar-refractivity contribution is -0.0188. The van der Waals surface area contributed by atoms with Crippen LogP contribution in [0, 0.1) is 0 Å². The Bertz CT molecular complexity index is 1170. The highest BCUT2D eigenvalue weighted by molar-refractivity contribution is 5.90. The van der Waals surface area contributed by atoms with Crippen LogP contribution in [0.1, 0.15) is 27.6 Å². The van der Waals surface area contributed by atoms with Crippen LogP contribution in [-0.2, 0) is 11.2 Å². The lowest BCUT2D eigenvalue weighted by Gasteiger charge is -2.34. The number of phenols is 6. The van der Waals surface area contributed by atoms with Crippen LogP contribution in [0.25, 0.3) is 0 Å². The first-order chi connectivity index (χ1) is 14.7. The summed E-state index contributed by atoms with van der Waals surface area (Å²) < 4.78 is 11.5. The molecule has 4 rings (SSSR count). The summed E-state index contributed by atoms with van der Waals surface area (Å²) in [6.45, 7) is 0. The van der Waals surface area contributed by atoms with Crippen molar-refractivity contribution in [1.82, 2.24) is 0 Å². The standard InChI is InChI=1S/C22H18O9/c23-12-7-16(26)13-9-20(31-22(29)11-2-4-15(25)18(28)6-11)21(30-19(13)8-12)10-1-3-14(24)17(27)5-10/h1-8,20-21,23-28H,9H2/t20-,21+/m1/s1. The number of benzene rings is 3. The predicted molar refractivity (Wildman–Crippen MR) is 106 cm³/mol. The Labute approximate surface area is 175 Å². The topological polar surface area (TPSA) is 157 Å². The smallest absolute Gasteiger partial charge is 0.338 e. The van der Waals surface area contributed by atoms with E-state index in [4.69, 9.17) is 9.47 Å².